The Bertz CT molecular complexity index is 407. The molecule has 17 heavy (non-hydrogen) atoms. The highest BCUT2D eigenvalue weighted by Crippen LogP contribution is 2.50. The number of nitrogens with zero attached hydrogens (tertiary/aromatic N) is 1. The monoisotopic (exact) mass is 236 g/mol. The van der Waals surface area contributed by atoms with Crippen molar-refractivity contribution in [3.8, 4) is 0 Å². The van der Waals surface area contributed by atoms with E-state index in [1.165, 1.54) is 19.3 Å². The number of hydrogen-bond acceptors (Lipinski definition) is 3. The Morgan fingerprint density at radius 3 is 2.47 bits per heavy atom. The molecule has 3 fully saturated rings. The van der Waals surface area contributed by atoms with Gasteiger partial charge in [-0.3, -0.25) is 19.8 Å². The Hall–Kier alpha value is -1.39. The molecule has 4 amide bonds. The first-order valence-electron chi connectivity index (χ1n) is 6.26. The molecular weight excluding hydrogens is 220 g/mol. The van der Waals surface area contributed by atoms with Gasteiger partial charge in [-0.2, -0.15) is 0 Å². The van der Waals surface area contributed by atoms with E-state index >= 15 is 0 Å². The average Bonchev–Trinajstić information content (AvgIpc) is 2.94. The van der Waals surface area contributed by atoms with Crippen LogP contribution in [0.25, 0.3) is 0 Å². The first kappa shape index (κ1) is 10.7. The number of hydrogen-bond donors (Lipinski definition) is 1. The quantitative estimate of drug-likeness (QED) is 0.572. The molecule has 0 radical (unpaired) electrons. The number of carbonyl (C=O) groups is 3. The summed E-state index contributed by atoms with van der Waals surface area (Å²) in [7, 11) is 0. The molecule has 92 valence electrons. The van der Waals surface area contributed by atoms with Crippen molar-refractivity contribution < 1.29 is 14.4 Å². The number of carbonyl (C=O) groups excluding carboxylic acids is 3. The minimum atomic E-state index is -0.787. The Kier molecular flexibility index (Phi) is 2.24. The highest BCUT2D eigenvalue weighted by Gasteiger charge is 2.48. The molecule has 3 rings (SSSR count). The lowest BCUT2D eigenvalue weighted by atomic mass is 9.83. The second kappa shape index (κ2) is 3.55. The molecule has 0 aromatic rings. The molecule has 2 bridgehead atoms. The molecule has 1 heterocycles. The third-order valence-electron chi connectivity index (χ3n) is 4.67. The number of rotatable bonds is 2. The molecule has 0 aromatic carbocycles. The predicted octanol–water partition coefficient (Wildman–Crippen LogP) is 0.889. The van der Waals surface area contributed by atoms with E-state index in [4.69, 9.17) is 0 Å². The fraction of sp³-hybridized carbons (Fsp3) is 0.750. The fourth-order valence-electron chi connectivity index (χ4n) is 3.86. The maximum absolute atomic E-state index is 11.6. The van der Waals surface area contributed by atoms with E-state index in [-0.39, 0.29) is 6.04 Å². The highest BCUT2D eigenvalue weighted by molar-refractivity contribution is 6.44. The van der Waals surface area contributed by atoms with Crippen molar-refractivity contribution >= 4 is 17.8 Å². The minimum absolute atomic E-state index is 0.149. The summed E-state index contributed by atoms with van der Waals surface area (Å²) in [5, 5.41) is 2.06. The molecule has 2 saturated carbocycles. The first-order valence-corrected chi connectivity index (χ1v) is 6.26. The van der Waals surface area contributed by atoms with Crippen molar-refractivity contribution in [3.05, 3.63) is 0 Å². The summed E-state index contributed by atoms with van der Waals surface area (Å²) >= 11 is 0. The molecule has 0 spiro atoms. The summed E-state index contributed by atoms with van der Waals surface area (Å²) in [6.07, 6.45) is 4.81. The molecule has 3 aliphatic rings. The van der Waals surface area contributed by atoms with Gasteiger partial charge in [0.25, 0.3) is 0 Å². The van der Waals surface area contributed by atoms with Crippen LogP contribution < -0.4 is 5.32 Å². The summed E-state index contributed by atoms with van der Waals surface area (Å²) in [4.78, 5) is 35.5. The van der Waals surface area contributed by atoms with Gasteiger partial charge in [-0.15, -0.1) is 0 Å². The molecule has 0 unspecified atom stereocenters. The van der Waals surface area contributed by atoms with Gasteiger partial charge >= 0.3 is 17.8 Å². The number of fused-ring (bicyclic) bond motifs is 2. The summed E-state index contributed by atoms with van der Waals surface area (Å²) < 4.78 is 0. The van der Waals surface area contributed by atoms with Crippen molar-refractivity contribution in [3.63, 3.8) is 0 Å². The SMILES string of the molecule is C[C@H]([C@@H]1C[C@H]2CC[C@H]1C2)N1C(=O)NC(=O)C1=O. The molecule has 1 N–H and O–H groups in total. The van der Waals surface area contributed by atoms with Crippen LogP contribution in [0.5, 0.6) is 0 Å². The van der Waals surface area contributed by atoms with Crippen molar-refractivity contribution in [2.24, 2.45) is 17.8 Å². The fourth-order valence-corrected chi connectivity index (χ4v) is 3.86. The van der Waals surface area contributed by atoms with Crippen molar-refractivity contribution in [1.29, 1.82) is 0 Å². The van der Waals surface area contributed by atoms with E-state index in [1.807, 2.05) is 6.92 Å². The number of urea groups is 1. The largest absolute Gasteiger partial charge is 0.331 e. The maximum Gasteiger partial charge on any atom is 0.331 e. The van der Waals surface area contributed by atoms with E-state index < -0.39 is 17.8 Å². The topological polar surface area (TPSA) is 66.5 Å². The van der Waals surface area contributed by atoms with Crippen molar-refractivity contribution in [1.82, 2.24) is 10.2 Å². The number of amides is 4. The van der Waals surface area contributed by atoms with E-state index in [9.17, 15) is 14.4 Å². The van der Waals surface area contributed by atoms with Gasteiger partial charge in [0.1, 0.15) is 0 Å². The summed E-state index contributed by atoms with van der Waals surface area (Å²) in [6, 6.07) is -0.695. The van der Waals surface area contributed by atoms with E-state index in [0.29, 0.717) is 11.8 Å². The smallest absolute Gasteiger partial charge is 0.269 e. The van der Waals surface area contributed by atoms with Gasteiger partial charge in [-0.05, 0) is 43.9 Å². The molecule has 4 atom stereocenters. The van der Waals surface area contributed by atoms with E-state index in [1.54, 1.807) is 0 Å². The zero-order valence-corrected chi connectivity index (χ0v) is 9.81. The van der Waals surface area contributed by atoms with Crippen LogP contribution in [0.15, 0.2) is 0 Å². The zero-order valence-electron chi connectivity index (χ0n) is 9.81. The summed E-state index contributed by atoms with van der Waals surface area (Å²) in [6.45, 7) is 1.89. The third-order valence-corrected chi connectivity index (χ3v) is 4.67. The predicted molar refractivity (Wildman–Crippen MR) is 58.8 cm³/mol. The molecule has 5 heteroatoms. The molecule has 1 aliphatic heterocycles. The van der Waals surface area contributed by atoms with Crippen LogP contribution >= 0.6 is 0 Å². The average molecular weight is 236 g/mol. The van der Waals surface area contributed by atoms with Crippen molar-refractivity contribution in [2.75, 3.05) is 0 Å². The standard InChI is InChI=1S/C12H16N2O3/c1-6(9-5-7-2-3-8(9)4-7)14-11(16)10(15)13-12(14)17/h6-9H,2-5H2,1H3,(H,13,15,17)/t6-,7+,8+,9+/m1/s1. The Labute approximate surface area is 99.5 Å². The third kappa shape index (κ3) is 1.48. The van der Waals surface area contributed by atoms with Crippen LogP contribution in [0, 0.1) is 17.8 Å². The van der Waals surface area contributed by atoms with Gasteiger partial charge < -0.3 is 0 Å². The molecular formula is C12H16N2O3. The van der Waals surface area contributed by atoms with Crippen LogP contribution in [0.1, 0.15) is 32.6 Å². The van der Waals surface area contributed by atoms with Gasteiger partial charge in [-0.1, -0.05) is 6.42 Å². The molecule has 2 aliphatic carbocycles. The van der Waals surface area contributed by atoms with Gasteiger partial charge in [-0.25, -0.2) is 4.79 Å². The van der Waals surface area contributed by atoms with Gasteiger partial charge in [0.15, 0.2) is 0 Å². The second-order valence-corrected chi connectivity index (χ2v) is 5.51. The molecule has 0 aromatic heterocycles. The van der Waals surface area contributed by atoms with Crippen LogP contribution in [0.3, 0.4) is 0 Å². The first-order chi connectivity index (χ1) is 8.08. The number of nitrogens with one attached hydrogen (secondary N) is 1. The normalized spacial score (nSPS) is 37.8. The van der Waals surface area contributed by atoms with Crippen LogP contribution in [0.2, 0.25) is 0 Å². The van der Waals surface area contributed by atoms with Gasteiger partial charge in [0, 0.05) is 6.04 Å². The zero-order chi connectivity index (χ0) is 12.2. The summed E-state index contributed by atoms with van der Waals surface area (Å²) in [5.74, 6) is 0.305. The van der Waals surface area contributed by atoms with Crippen LogP contribution in [-0.2, 0) is 9.59 Å². The lowest BCUT2D eigenvalue weighted by Crippen LogP contribution is -2.44. The lowest BCUT2D eigenvalue weighted by molar-refractivity contribution is -0.141. The van der Waals surface area contributed by atoms with Crippen LogP contribution in [-0.4, -0.2) is 28.8 Å². The highest BCUT2D eigenvalue weighted by atomic mass is 16.2. The Morgan fingerprint density at radius 1 is 1.24 bits per heavy atom. The van der Waals surface area contributed by atoms with Gasteiger partial charge in [0.2, 0.25) is 0 Å². The Balaban J connectivity index is 1.78. The molecule has 1 saturated heterocycles. The lowest BCUT2D eigenvalue weighted by Gasteiger charge is -2.32. The van der Waals surface area contributed by atoms with E-state index in [0.717, 1.165) is 17.2 Å². The van der Waals surface area contributed by atoms with Crippen LogP contribution in [0.4, 0.5) is 4.79 Å². The van der Waals surface area contributed by atoms with E-state index in [2.05, 4.69) is 5.32 Å². The van der Waals surface area contributed by atoms with Gasteiger partial charge in [0.05, 0.1) is 0 Å². The Morgan fingerprint density at radius 2 is 2.00 bits per heavy atom. The molecule has 5 nitrogen and oxygen atoms in total. The number of imide groups is 2. The minimum Gasteiger partial charge on any atom is -0.269 e. The second-order valence-electron chi connectivity index (χ2n) is 5.51. The summed E-state index contributed by atoms with van der Waals surface area (Å²) in [5.41, 5.74) is 0. The maximum atomic E-state index is 11.6. The van der Waals surface area contributed by atoms with Crippen molar-refractivity contribution in [2.45, 2.75) is 38.6 Å².